The summed E-state index contributed by atoms with van der Waals surface area (Å²) in [7, 11) is 3.93. The smallest absolute Gasteiger partial charge is 0.232 e. The van der Waals surface area contributed by atoms with Crippen molar-refractivity contribution < 1.29 is 5.11 Å². The zero-order chi connectivity index (χ0) is 9.14. The van der Waals surface area contributed by atoms with Crippen LogP contribution in [-0.2, 0) is 13.0 Å². The molecule has 1 aromatic rings. The van der Waals surface area contributed by atoms with Crippen LogP contribution in [0.2, 0.25) is 0 Å². The standard InChI is InChI=1S/C8H15N3O/c1-4-6-8(12)10-7(9-6)5-11(2)3/h12H,4-5H2,1-3H3,(H,9,10). The van der Waals surface area contributed by atoms with E-state index in [1.807, 2.05) is 25.9 Å². The number of hydrogen-bond donors (Lipinski definition) is 2. The molecule has 2 N–H and O–H groups in total. The summed E-state index contributed by atoms with van der Waals surface area (Å²) in [4.78, 5) is 9.04. The molecule has 0 radical (unpaired) electrons. The third-order valence-electron chi connectivity index (χ3n) is 1.63. The molecule has 0 aliphatic heterocycles. The molecule has 1 aromatic heterocycles. The van der Waals surface area contributed by atoms with Gasteiger partial charge < -0.3 is 15.0 Å². The lowest BCUT2D eigenvalue weighted by molar-refractivity contribution is 0.388. The van der Waals surface area contributed by atoms with E-state index in [-0.39, 0.29) is 5.88 Å². The third-order valence-corrected chi connectivity index (χ3v) is 1.63. The van der Waals surface area contributed by atoms with Crippen LogP contribution in [0.3, 0.4) is 0 Å². The Kier molecular flexibility index (Phi) is 2.70. The molecular weight excluding hydrogens is 154 g/mol. The molecule has 0 aromatic carbocycles. The van der Waals surface area contributed by atoms with Gasteiger partial charge in [0.05, 0.1) is 12.2 Å². The number of imidazole rings is 1. The predicted octanol–water partition coefficient (Wildman–Crippen LogP) is 0.739. The van der Waals surface area contributed by atoms with E-state index in [4.69, 9.17) is 0 Å². The molecule has 0 aliphatic rings. The molecular formula is C8H15N3O. The van der Waals surface area contributed by atoms with E-state index >= 15 is 0 Å². The minimum Gasteiger partial charge on any atom is -0.492 e. The Hall–Kier alpha value is -1.03. The molecule has 0 atom stereocenters. The maximum atomic E-state index is 9.28. The van der Waals surface area contributed by atoms with Crippen molar-refractivity contribution in [2.75, 3.05) is 14.1 Å². The average Bonchev–Trinajstić information content (AvgIpc) is 2.29. The van der Waals surface area contributed by atoms with Gasteiger partial charge in [-0.3, -0.25) is 0 Å². The maximum absolute atomic E-state index is 9.28. The van der Waals surface area contributed by atoms with Crippen LogP contribution >= 0.6 is 0 Å². The monoisotopic (exact) mass is 169 g/mol. The SMILES string of the molecule is CCc1[nH]c(CN(C)C)nc1O. The van der Waals surface area contributed by atoms with Crippen molar-refractivity contribution in [3.63, 3.8) is 0 Å². The molecule has 12 heavy (non-hydrogen) atoms. The van der Waals surface area contributed by atoms with E-state index in [1.54, 1.807) is 0 Å². The van der Waals surface area contributed by atoms with Crippen LogP contribution in [0.5, 0.6) is 5.88 Å². The molecule has 0 spiro atoms. The summed E-state index contributed by atoms with van der Waals surface area (Å²) >= 11 is 0. The Balaban J connectivity index is 2.75. The van der Waals surface area contributed by atoms with Crippen molar-refractivity contribution in [2.24, 2.45) is 0 Å². The molecule has 0 saturated heterocycles. The summed E-state index contributed by atoms with van der Waals surface area (Å²) in [6, 6.07) is 0. The predicted molar refractivity (Wildman–Crippen MR) is 47.0 cm³/mol. The fourth-order valence-corrected chi connectivity index (χ4v) is 1.07. The Morgan fingerprint density at radius 2 is 2.17 bits per heavy atom. The molecule has 4 nitrogen and oxygen atoms in total. The highest BCUT2D eigenvalue weighted by molar-refractivity contribution is 5.19. The number of aromatic nitrogens is 2. The number of rotatable bonds is 3. The van der Waals surface area contributed by atoms with E-state index in [2.05, 4.69) is 9.97 Å². The molecule has 0 unspecified atom stereocenters. The summed E-state index contributed by atoms with van der Waals surface area (Å²) in [5.41, 5.74) is 0.812. The first-order chi connectivity index (χ1) is 5.63. The van der Waals surface area contributed by atoms with Gasteiger partial charge in [-0.15, -0.1) is 0 Å². The van der Waals surface area contributed by atoms with Crippen molar-refractivity contribution in [1.82, 2.24) is 14.9 Å². The van der Waals surface area contributed by atoms with Crippen molar-refractivity contribution >= 4 is 0 Å². The number of aromatic amines is 1. The van der Waals surface area contributed by atoms with Crippen LogP contribution in [0.25, 0.3) is 0 Å². The Morgan fingerprint density at radius 1 is 1.50 bits per heavy atom. The average molecular weight is 169 g/mol. The normalized spacial score (nSPS) is 11.0. The highest BCUT2D eigenvalue weighted by Gasteiger charge is 2.06. The Bertz CT molecular complexity index is 255. The van der Waals surface area contributed by atoms with Gasteiger partial charge in [-0.05, 0) is 20.5 Å². The maximum Gasteiger partial charge on any atom is 0.232 e. The van der Waals surface area contributed by atoms with Crippen molar-refractivity contribution in [1.29, 1.82) is 0 Å². The largest absolute Gasteiger partial charge is 0.492 e. The van der Waals surface area contributed by atoms with Crippen molar-refractivity contribution in [3.05, 3.63) is 11.5 Å². The fourth-order valence-electron chi connectivity index (χ4n) is 1.07. The zero-order valence-corrected chi connectivity index (χ0v) is 7.76. The summed E-state index contributed by atoms with van der Waals surface area (Å²) in [5.74, 6) is 0.948. The van der Waals surface area contributed by atoms with E-state index < -0.39 is 0 Å². The number of nitrogens with one attached hydrogen (secondary N) is 1. The van der Waals surface area contributed by atoms with E-state index in [0.717, 1.165) is 24.5 Å². The second kappa shape index (κ2) is 3.58. The van der Waals surface area contributed by atoms with Crippen LogP contribution < -0.4 is 0 Å². The molecule has 0 amide bonds. The molecule has 0 aliphatic carbocycles. The minimum absolute atomic E-state index is 0.134. The quantitative estimate of drug-likeness (QED) is 0.701. The lowest BCUT2D eigenvalue weighted by Gasteiger charge is -2.05. The van der Waals surface area contributed by atoms with Gasteiger partial charge in [-0.1, -0.05) is 6.92 Å². The molecule has 1 rings (SSSR count). The first kappa shape index (κ1) is 9.06. The van der Waals surface area contributed by atoms with Gasteiger partial charge in [0.15, 0.2) is 0 Å². The highest BCUT2D eigenvalue weighted by Crippen LogP contribution is 2.13. The third kappa shape index (κ3) is 1.98. The van der Waals surface area contributed by atoms with Crippen LogP contribution in [0.15, 0.2) is 0 Å². The van der Waals surface area contributed by atoms with E-state index in [9.17, 15) is 5.11 Å². The lowest BCUT2D eigenvalue weighted by atomic mass is 10.4. The van der Waals surface area contributed by atoms with Gasteiger partial charge in [0.2, 0.25) is 5.88 Å². The lowest BCUT2D eigenvalue weighted by Crippen LogP contribution is -2.11. The van der Waals surface area contributed by atoms with Gasteiger partial charge in [-0.25, -0.2) is 0 Å². The number of H-pyrrole nitrogens is 1. The van der Waals surface area contributed by atoms with Crippen molar-refractivity contribution in [2.45, 2.75) is 19.9 Å². The van der Waals surface area contributed by atoms with Crippen LogP contribution in [0.4, 0.5) is 0 Å². The van der Waals surface area contributed by atoms with Crippen LogP contribution in [0.1, 0.15) is 18.4 Å². The molecule has 4 heteroatoms. The second-order valence-corrected chi connectivity index (χ2v) is 3.08. The topological polar surface area (TPSA) is 52.2 Å². The molecule has 0 saturated carbocycles. The Labute approximate surface area is 72.2 Å². The van der Waals surface area contributed by atoms with Crippen molar-refractivity contribution in [3.8, 4) is 5.88 Å². The number of hydrogen-bond acceptors (Lipinski definition) is 3. The van der Waals surface area contributed by atoms with Crippen LogP contribution in [-0.4, -0.2) is 34.1 Å². The molecule has 68 valence electrons. The van der Waals surface area contributed by atoms with Gasteiger partial charge in [0.1, 0.15) is 5.82 Å². The summed E-state index contributed by atoms with van der Waals surface area (Å²) in [5, 5.41) is 9.28. The fraction of sp³-hybridized carbons (Fsp3) is 0.625. The van der Waals surface area contributed by atoms with Gasteiger partial charge in [0, 0.05) is 0 Å². The van der Waals surface area contributed by atoms with Gasteiger partial charge in [0.25, 0.3) is 0 Å². The van der Waals surface area contributed by atoms with Gasteiger partial charge >= 0.3 is 0 Å². The molecule has 0 fully saturated rings. The molecule has 1 heterocycles. The number of aromatic hydroxyl groups is 1. The minimum atomic E-state index is 0.134. The number of nitrogens with zero attached hydrogens (tertiary/aromatic N) is 2. The van der Waals surface area contributed by atoms with E-state index in [1.165, 1.54) is 0 Å². The highest BCUT2D eigenvalue weighted by atomic mass is 16.3. The van der Waals surface area contributed by atoms with Gasteiger partial charge in [-0.2, -0.15) is 4.98 Å². The van der Waals surface area contributed by atoms with E-state index in [0.29, 0.717) is 0 Å². The van der Waals surface area contributed by atoms with Crippen LogP contribution in [0, 0.1) is 0 Å². The zero-order valence-electron chi connectivity index (χ0n) is 7.76. The first-order valence-corrected chi connectivity index (χ1v) is 4.05. The summed E-state index contributed by atoms with van der Waals surface area (Å²) < 4.78 is 0. The molecule has 0 bridgehead atoms. The first-order valence-electron chi connectivity index (χ1n) is 4.05. The Morgan fingerprint density at radius 3 is 2.58 bits per heavy atom. The second-order valence-electron chi connectivity index (χ2n) is 3.08. The number of aryl methyl sites for hydroxylation is 1. The summed E-state index contributed by atoms with van der Waals surface area (Å²) in [6.07, 6.45) is 0.784. The summed E-state index contributed by atoms with van der Waals surface area (Å²) in [6.45, 7) is 2.71.